The number of piperidine rings is 1. The second-order valence-corrected chi connectivity index (χ2v) is 5.86. The predicted molar refractivity (Wildman–Crippen MR) is 83.2 cm³/mol. The minimum Gasteiger partial charge on any atom is -0.330 e. The van der Waals surface area contributed by atoms with E-state index in [9.17, 15) is 0 Å². The van der Waals surface area contributed by atoms with Crippen molar-refractivity contribution >= 4 is 28.3 Å². The molecule has 1 fully saturated rings. The first-order chi connectivity index (χ1) is 8.20. The van der Waals surface area contributed by atoms with Crippen molar-refractivity contribution in [2.24, 2.45) is 11.7 Å². The third-order valence-electron chi connectivity index (χ3n) is 3.86. The molecule has 1 aromatic rings. The van der Waals surface area contributed by atoms with Crippen LogP contribution < -0.4 is 5.73 Å². The first-order valence-electron chi connectivity index (χ1n) is 6.40. The smallest absolute Gasteiger partial charge is 0.0320 e. The molecule has 102 valence electrons. The van der Waals surface area contributed by atoms with Crippen molar-refractivity contribution in [1.82, 2.24) is 4.90 Å². The molecule has 1 unspecified atom stereocenters. The summed E-state index contributed by atoms with van der Waals surface area (Å²) < 4.78 is 1.17. The van der Waals surface area contributed by atoms with Gasteiger partial charge in [0.2, 0.25) is 0 Å². The molecule has 1 saturated heterocycles. The Bertz CT molecular complexity index is 365. The molecule has 0 radical (unpaired) electrons. The lowest BCUT2D eigenvalue weighted by atomic mass is 9.95. The van der Waals surface area contributed by atoms with Crippen LogP contribution in [0.15, 0.2) is 28.7 Å². The number of hydrogen-bond donors (Lipinski definition) is 1. The fraction of sp³-hybridized carbons (Fsp3) is 0.571. The Kier molecular flexibility index (Phi) is 6.64. The zero-order valence-corrected chi connectivity index (χ0v) is 13.2. The predicted octanol–water partition coefficient (Wildman–Crippen LogP) is 3.60. The van der Waals surface area contributed by atoms with E-state index in [0.717, 1.165) is 12.5 Å². The van der Waals surface area contributed by atoms with Gasteiger partial charge in [0.15, 0.2) is 0 Å². The van der Waals surface area contributed by atoms with E-state index in [2.05, 4.69) is 52.0 Å². The van der Waals surface area contributed by atoms with Crippen LogP contribution in [0.2, 0.25) is 0 Å². The molecule has 2 N–H and O–H groups in total. The number of benzene rings is 1. The Morgan fingerprint density at radius 3 is 2.61 bits per heavy atom. The molecule has 0 aliphatic carbocycles. The van der Waals surface area contributed by atoms with Crippen LogP contribution in [0.1, 0.15) is 31.4 Å². The van der Waals surface area contributed by atoms with Gasteiger partial charge in [-0.05, 0) is 63.0 Å². The quantitative estimate of drug-likeness (QED) is 0.915. The second-order valence-electron chi connectivity index (χ2n) is 4.95. The van der Waals surface area contributed by atoms with Gasteiger partial charge in [0.25, 0.3) is 0 Å². The Balaban J connectivity index is 0.00000162. The number of hydrogen-bond acceptors (Lipinski definition) is 2. The molecular weight excluding hydrogens is 312 g/mol. The van der Waals surface area contributed by atoms with Gasteiger partial charge < -0.3 is 5.73 Å². The van der Waals surface area contributed by atoms with Crippen LogP contribution in [0.25, 0.3) is 0 Å². The van der Waals surface area contributed by atoms with Crippen LogP contribution in [0.3, 0.4) is 0 Å². The van der Waals surface area contributed by atoms with E-state index in [1.54, 1.807) is 0 Å². The summed E-state index contributed by atoms with van der Waals surface area (Å²) in [6, 6.07) is 9.13. The van der Waals surface area contributed by atoms with E-state index in [4.69, 9.17) is 5.73 Å². The topological polar surface area (TPSA) is 29.3 Å². The van der Waals surface area contributed by atoms with Crippen molar-refractivity contribution in [1.29, 1.82) is 0 Å². The average molecular weight is 334 g/mol. The fourth-order valence-corrected chi connectivity index (χ4v) is 2.97. The van der Waals surface area contributed by atoms with Gasteiger partial charge in [-0.25, -0.2) is 0 Å². The minimum absolute atomic E-state index is 0. The van der Waals surface area contributed by atoms with Crippen molar-refractivity contribution in [3.63, 3.8) is 0 Å². The summed E-state index contributed by atoms with van der Waals surface area (Å²) in [4.78, 5) is 2.56. The summed E-state index contributed by atoms with van der Waals surface area (Å²) in [7, 11) is 0. The largest absolute Gasteiger partial charge is 0.330 e. The van der Waals surface area contributed by atoms with E-state index in [1.165, 1.54) is 36.0 Å². The lowest BCUT2D eigenvalue weighted by Crippen LogP contribution is -2.37. The van der Waals surface area contributed by atoms with Gasteiger partial charge in [0, 0.05) is 10.5 Å². The molecule has 2 nitrogen and oxygen atoms in total. The van der Waals surface area contributed by atoms with E-state index in [1.807, 2.05) is 0 Å². The molecule has 0 aromatic heterocycles. The minimum atomic E-state index is 0. The van der Waals surface area contributed by atoms with Gasteiger partial charge in [0.05, 0.1) is 0 Å². The van der Waals surface area contributed by atoms with Crippen molar-refractivity contribution in [2.75, 3.05) is 19.6 Å². The highest BCUT2D eigenvalue weighted by atomic mass is 79.9. The molecule has 1 atom stereocenters. The van der Waals surface area contributed by atoms with E-state index in [-0.39, 0.29) is 12.4 Å². The van der Waals surface area contributed by atoms with E-state index < -0.39 is 0 Å². The first kappa shape index (κ1) is 16.0. The third-order valence-corrected chi connectivity index (χ3v) is 4.35. The molecule has 0 spiro atoms. The lowest BCUT2D eigenvalue weighted by Gasteiger charge is -2.36. The molecule has 4 heteroatoms. The molecule has 0 amide bonds. The van der Waals surface area contributed by atoms with Crippen LogP contribution in [0.5, 0.6) is 0 Å². The first-order valence-corrected chi connectivity index (χ1v) is 7.19. The molecule has 1 aromatic carbocycles. The highest BCUT2D eigenvalue weighted by Gasteiger charge is 2.22. The van der Waals surface area contributed by atoms with Crippen LogP contribution in [0.4, 0.5) is 0 Å². The standard InChI is InChI=1S/C14H21BrN2.ClH/c1-11(13-3-2-4-14(15)9-13)17-7-5-12(10-16)6-8-17;/h2-4,9,11-12H,5-8,10,16H2,1H3;1H. The molecule has 18 heavy (non-hydrogen) atoms. The van der Waals surface area contributed by atoms with E-state index in [0.29, 0.717) is 6.04 Å². The molecular formula is C14H22BrClN2. The molecule has 1 aliphatic rings. The number of nitrogens with two attached hydrogens (primary N) is 1. The normalized spacial score (nSPS) is 19.3. The Morgan fingerprint density at radius 2 is 2.06 bits per heavy atom. The molecule has 1 heterocycles. The van der Waals surface area contributed by atoms with Gasteiger partial charge >= 0.3 is 0 Å². The molecule has 1 aliphatic heterocycles. The highest BCUT2D eigenvalue weighted by Crippen LogP contribution is 2.27. The van der Waals surface area contributed by atoms with Gasteiger partial charge in [-0.1, -0.05) is 28.1 Å². The van der Waals surface area contributed by atoms with Crippen LogP contribution >= 0.6 is 28.3 Å². The SMILES string of the molecule is CC(c1cccc(Br)c1)N1CCC(CN)CC1.Cl. The van der Waals surface area contributed by atoms with Crippen LogP contribution in [-0.4, -0.2) is 24.5 Å². The number of halogens is 2. The van der Waals surface area contributed by atoms with Crippen LogP contribution in [-0.2, 0) is 0 Å². The van der Waals surface area contributed by atoms with E-state index >= 15 is 0 Å². The summed E-state index contributed by atoms with van der Waals surface area (Å²) in [6.07, 6.45) is 2.49. The molecule has 0 bridgehead atoms. The van der Waals surface area contributed by atoms with Crippen molar-refractivity contribution in [2.45, 2.75) is 25.8 Å². The molecule has 2 rings (SSSR count). The van der Waals surface area contributed by atoms with Gasteiger partial charge in [-0.15, -0.1) is 12.4 Å². The average Bonchev–Trinajstić information content (AvgIpc) is 2.38. The number of nitrogens with zero attached hydrogens (tertiary/aromatic N) is 1. The van der Waals surface area contributed by atoms with Gasteiger partial charge in [-0.3, -0.25) is 4.90 Å². The van der Waals surface area contributed by atoms with Crippen molar-refractivity contribution < 1.29 is 0 Å². The Hall–Kier alpha value is -0.0900. The zero-order chi connectivity index (χ0) is 12.3. The van der Waals surface area contributed by atoms with Crippen LogP contribution in [0, 0.1) is 5.92 Å². The second kappa shape index (κ2) is 7.49. The maximum atomic E-state index is 5.73. The Labute approximate surface area is 124 Å². The number of likely N-dealkylation sites (tertiary alicyclic amines) is 1. The third kappa shape index (κ3) is 3.95. The van der Waals surface area contributed by atoms with Crippen molar-refractivity contribution in [3.05, 3.63) is 34.3 Å². The van der Waals surface area contributed by atoms with Gasteiger partial charge in [0.1, 0.15) is 0 Å². The van der Waals surface area contributed by atoms with Gasteiger partial charge in [-0.2, -0.15) is 0 Å². The molecule has 0 saturated carbocycles. The fourth-order valence-electron chi connectivity index (χ4n) is 2.55. The monoisotopic (exact) mass is 332 g/mol. The summed E-state index contributed by atoms with van der Waals surface area (Å²) in [6.45, 7) is 5.49. The maximum Gasteiger partial charge on any atom is 0.0320 e. The van der Waals surface area contributed by atoms with Crippen molar-refractivity contribution in [3.8, 4) is 0 Å². The summed E-state index contributed by atoms with van der Waals surface area (Å²) in [5.41, 5.74) is 7.13. The zero-order valence-electron chi connectivity index (χ0n) is 10.8. The number of rotatable bonds is 3. The summed E-state index contributed by atoms with van der Waals surface area (Å²) in [5.74, 6) is 0.737. The Morgan fingerprint density at radius 1 is 1.39 bits per heavy atom. The maximum absolute atomic E-state index is 5.73. The summed E-state index contributed by atoms with van der Waals surface area (Å²) in [5, 5.41) is 0. The lowest BCUT2D eigenvalue weighted by molar-refractivity contribution is 0.143. The summed E-state index contributed by atoms with van der Waals surface area (Å²) >= 11 is 3.54. The highest BCUT2D eigenvalue weighted by molar-refractivity contribution is 9.10.